The van der Waals surface area contributed by atoms with Gasteiger partial charge >= 0.3 is 0 Å². The quantitative estimate of drug-likeness (QED) is 0.784. The molecule has 5 heteroatoms. The van der Waals surface area contributed by atoms with E-state index < -0.39 is 0 Å². The van der Waals surface area contributed by atoms with E-state index in [2.05, 4.69) is 14.9 Å². The van der Waals surface area contributed by atoms with Gasteiger partial charge in [0.2, 0.25) is 5.88 Å². The maximum atomic E-state index is 13.1. The average molecular weight is 347 g/mol. The fraction of sp³-hybridized carbons (Fsp3) is 0.333. The van der Waals surface area contributed by atoms with Crippen molar-refractivity contribution in [2.24, 2.45) is 0 Å². The van der Waals surface area contributed by atoms with E-state index in [1.165, 1.54) is 0 Å². The molecule has 1 amide bonds. The number of benzene rings is 1. The van der Waals surface area contributed by atoms with Crippen LogP contribution in [0.5, 0.6) is 5.88 Å². The summed E-state index contributed by atoms with van der Waals surface area (Å²) in [6, 6.07) is 14.2. The zero-order valence-electron chi connectivity index (χ0n) is 14.5. The summed E-state index contributed by atoms with van der Waals surface area (Å²) in [7, 11) is 0. The Labute approximate surface area is 152 Å². The van der Waals surface area contributed by atoms with Crippen LogP contribution >= 0.6 is 0 Å². The number of carbonyl (C=O) groups excluding carboxylic acids is 1. The lowest BCUT2D eigenvalue weighted by Crippen LogP contribution is -2.49. The highest BCUT2D eigenvalue weighted by atomic mass is 16.5. The van der Waals surface area contributed by atoms with Gasteiger partial charge < -0.3 is 14.6 Å². The van der Waals surface area contributed by atoms with Gasteiger partial charge in [0.25, 0.3) is 5.91 Å². The minimum Gasteiger partial charge on any atom is -0.474 e. The van der Waals surface area contributed by atoms with Gasteiger partial charge in [0, 0.05) is 54.5 Å². The third-order valence-corrected chi connectivity index (χ3v) is 5.65. The summed E-state index contributed by atoms with van der Waals surface area (Å²) in [5.41, 5.74) is 1.78. The largest absolute Gasteiger partial charge is 0.474 e. The Bertz CT molecular complexity index is 923. The average Bonchev–Trinajstić information content (AvgIpc) is 3.24. The van der Waals surface area contributed by atoms with Gasteiger partial charge in [-0.3, -0.25) is 4.79 Å². The first-order valence-electron chi connectivity index (χ1n) is 9.25. The number of pyridine rings is 1. The first-order valence-corrected chi connectivity index (χ1v) is 9.25. The Morgan fingerprint density at radius 3 is 2.73 bits per heavy atom. The highest BCUT2D eigenvalue weighted by Gasteiger charge is 2.44. The molecule has 2 atom stereocenters. The molecule has 2 saturated heterocycles. The topological polar surface area (TPSA) is 58.2 Å². The molecule has 1 aromatic carbocycles. The van der Waals surface area contributed by atoms with Gasteiger partial charge in [0.05, 0.1) is 0 Å². The third-order valence-electron chi connectivity index (χ3n) is 5.65. The maximum Gasteiger partial charge on any atom is 0.254 e. The standard InChI is InChI=1S/C21H21N3O2/c25-21(15-5-4-14-8-10-22-19(14)11-15)24-16-6-7-17(24)13-18(12-16)26-20-3-1-2-9-23-20/h1-5,8-11,16-18,22H,6-7,12-13H2. The normalized spacial score (nSPS) is 24.8. The van der Waals surface area contributed by atoms with E-state index in [0.717, 1.165) is 42.1 Å². The lowest BCUT2D eigenvalue weighted by atomic mass is 9.98. The van der Waals surface area contributed by atoms with Gasteiger partial charge in [-0.05, 0) is 42.5 Å². The molecule has 2 unspecified atom stereocenters. The van der Waals surface area contributed by atoms with Gasteiger partial charge in [-0.2, -0.15) is 0 Å². The Kier molecular flexibility index (Phi) is 3.66. The maximum absolute atomic E-state index is 13.1. The van der Waals surface area contributed by atoms with Crippen LogP contribution in [0.3, 0.4) is 0 Å². The lowest BCUT2D eigenvalue weighted by molar-refractivity contribution is 0.0348. The Balaban J connectivity index is 1.34. The van der Waals surface area contributed by atoms with Crippen LogP contribution in [0.25, 0.3) is 10.9 Å². The van der Waals surface area contributed by atoms with Crippen LogP contribution in [0.4, 0.5) is 0 Å². The number of carbonyl (C=O) groups is 1. The van der Waals surface area contributed by atoms with Crippen LogP contribution in [0, 0.1) is 0 Å². The van der Waals surface area contributed by atoms with Crippen molar-refractivity contribution < 1.29 is 9.53 Å². The number of amides is 1. The van der Waals surface area contributed by atoms with Gasteiger partial charge in [0.1, 0.15) is 6.10 Å². The second-order valence-electron chi connectivity index (χ2n) is 7.26. The van der Waals surface area contributed by atoms with Crippen LogP contribution in [0.2, 0.25) is 0 Å². The van der Waals surface area contributed by atoms with Crippen LogP contribution in [-0.4, -0.2) is 39.0 Å². The van der Waals surface area contributed by atoms with Crippen molar-refractivity contribution in [3.63, 3.8) is 0 Å². The number of aromatic nitrogens is 2. The summed E-state index contributed by atoms with van der Waals surface area (Å²) in [6.07, 6.45) is 7.67. The molecular formula is C21H21N3O2. The SMILES string of the molecule is O=C(c1ccc2cc[nH]c2c1)N1C2CCC1CC(Oc1ccccn1)C2. The highest BCUT2D eigenvalue weighted by Crippen LogP contribution is 2.38. The molecule has 132 valence electrons. The first kappa shape index (κ1) is 15.4. The summed E-state index contributed by atoms with van der Waals surface area (Å²) in [6.45, 7) is 0. The number of nitrogens with one attached hydrogen (secondary N) is 1. The molecule has 3 aromatic rings. The predicted molar refractivity (Wildman–Crippen MR) is 99.2 cm³/mol. The molecule has 0 radical (unpaired) electrons. The summed E-state index contributed by atoms with van der Waals surface area (Å²) in [5.74, 6) is 0.819. The number of nitrogens with zero attached hydrogens (tertiary/aromatic N) is 2. The second-order valence-corrected chi connectivity index (χ2v) is 7.26. The summed E-state index contributed by atoms with van der Waals surface area (Å²) in [5, 5.41) is 1.13. The van der Waals surface area contributed by atoms with Crippen molar-refractivity contribution in [1.29, 1.82) is 0 Å². The van der Waals surface area contributed by atoms with Crippen molar-refractivity contribution >= 4 is 16.8 Å². The summed E-state index contributed by atoms with van der Waals surface area (Å²) in [4.78, 5) is 22.7. The summed E-state index contributed by atoms with van der Waals surface area (Å²) >= 11 is 0. The van der Waals surface area contributed by atoms with Crippen LogP contribution in [-0.2, 0) is 0 Å². The molecular weight excluding hydrogens is 326 g/mol. The van der Waals surface area contributed by atoms with Crippen molar-refractivity contribution in [2.45, 2.75) is 43.9 Å². The third kappa shape index (κ3) is 2.64. The van der Waals surface area contributed by atoms with Crippen LogP contribution in [0.15, 0.2) is 54.9 Å². The fourth-order valence-electron chi connectivity index (χ4n) is 4.47. The zero-order valence-corrected chi connectivity index (χ0v) is 14.5. The smallest absolute Gasteiger partial charge is 0.254 e. The number of piperidine rings is 1. The zero-order chi connectivity index (χ0) is 17.5. The highest BCUT2D eigenvalue weighted by molar-refractivity contribution is 5.98. The van der Waals surface area contributed by atoms with Crippen molar-refractivity contribution in [1.82, 2.24) is 14.9 Å². The van der Waals surface area contributed by atoms with E-state index in [1.54, 1.807) is 6.20 Å². The van der Waals surface area contributed by atoms with Crippen molar-refractivity contribution in [3.8, 4) is 5.88 Å². The monoisotopic (exact) mass is 347 g/mol. The number of ether oxygens (including phenoxy) is 1. The van der Waals surface area contributed by atoms with E-state index >= 15 is 0 Å². The Morgan fingerprint density at radius 1 is 1.12 bits per heavy atom. The molecule has 5 rings (SSSR count). The molecule has 0 saturated carbocycles. The van der Waals surface area contributed by atoms with Crippen molar-refractivity contribution in [3.05, 3.63) is 60.4 Å². The van der Waals surface area contributed by atoms with Crippen LogP contribution in [0.1, 0.15) is 36.0 Å². The molecule has 1 N–H and O–H groups in total. The molecule has 5 nitrogen and oxygen atoms in total. The van der Waals surface area contributed by atoms with Crippen LogP contribution < -0.4 is 4.74 Å². The number of aromatic amines is 1. The Morgan fingerprint density at radius 2 is 1.96 bits per heavy atom. The second kappa shape index (κ2) is 6.16. The molecule has 2 aliphatic heterocycles. The van der Waals surface area contributed by atoms with Gasteiger partial charge in [-0.25, -0.2) is 4.98 Å². The summed E-state index contributed by atoms with van der Waals surface area (Å²) < 4.78 is 6.06. The molecule has 4 heterocycles. The number of hydrogen-bond donors (Lipinski definition) is 1. The number of rotatable bonds is 3. The number of fused-ring (bicyclic) bond motifs is 3. The number of hydrogen-bond acceptors (Lipinski definition) is 3. The molecule has 2 fully saturated rings. The van der Waals surface area contributed by atoms with Gasteiger partial charge in [-0.15, -0.1) is 0 Å². The molecule has 2 bridgehead atoms. The molecule has 2 aromatic heterocycles. The van der Waals surface area contributed by atoms with Gasteiger partial charge in [-0.1, -0.05) is 12.1 Å². The fourth-order valence-corrected chi connectivity index (χ4v) is 4.47. The predicted octanol–water partition coefficient (Wildman–Crippen LogP) is 3.78. The van der Waals surface area contributed by atoms with Crippen molar-refractivity contribution in [2.75, 3.05) is 0 Å². The molecule has 26 heavy (non-hydrogen) atoms. The van der Waals surface area contributed by atoms with E-state index in [1.807, 2.05) is 48.7 Å². The van der Waals surface area contributed by atoms with E-state index in [9.17, 15) is 4.79 Å². The Hall–Kier alpha value is -2.82. The van der Waals surface area contributed by atoms with E-state index in [-0.39, 0.29) is 24.1 Å². The lowest BCUT2D eigenvalue weighted by Gasteiger charge is -2.38. The van der Waals surface area contributed by atoms with Gasteiger partial charge in [0.15, 0.2) is 0 Å². The molecule has 0 spiro atoms. The molecule has 0 aliphatic carbocycles. The first-order chi connectivity index (χ1) is 12.8. The number of H-pyrrole nitrogens is 1. The van der Waals surface area contributed by atoms with E-state index in [4.69, 9.17) is 4.74 Å². The minimum absolute atomic E-state index is 0.136. The molecule has 2 aliphatic rings. The minimum atomic E-state index is 0.136. The van der Waals surface area contributed by atoms with E-state index in [0.29, 0.717) is 5.88 Å².